The molecule has 1 radical (unpaired) electrons. The molecule has 0 amide bonds. The zero-order chi connectivity index (χ0) is 31.1. The fourth-order valence-corrected chi connectivity index (χ4v) is 7.76. The molecular formula is C33H40CoN2O9. The first-order chi connectivity index (χ1) is 21.3. The molecule has 2 aliphatic heterocycles. The van der Waals surface area contributed by atoms with Gasteiger partial charge in [0, 0.05) is 59.6 Å². The molecule has 11 nitrogen and oxygen atoms in total. The number of hydrogen-bond acceptors (Lipinski definition) is 10. The summed E-state index contributed by atoms with van der Waals surface area (Å²) < 4.78 is 39.1. The van der Waals surface area contributed by atoms with E-state index in [1.165, 1.54) is 45.1 Å². The number of hydrogen-bond donors (Lipinski definition) is 1. The summed E-state index contributed by atoms with van der Waals surface area (Å²) in [6, 6.07) is 9.40. The number of carbonyl (C=O) groups excluding carboxylic acids is 2. The summed E-state index contributed by atoms with van der Waals surface area (Å²) in [6.07, 6.45) is 0.920. The Morgan fingerprint density at radius 1 is 0.911 bits per heavy atom. The minimum absolute atomic E-state index is 0. The van der Waals surface area contributed by atoms with Crippen molar-refractivity contribution in [1.29, 1.82) is 0 Å². The van der Waals surface area contributed by atoms with Crippen molar-refractivity contribution in [1.82, 2.24) is 9.88 Å². The van der Waals surface area contributed by atoms with Crippen molar-refractivity contribution in [2.45, 2.75) is 37.5 Å². The van der Waals surface area contributed by atoms with Gasteiger partial charge in [0.05, 0.1) is 53.1 Å². The van der Waals surface area contributed by atoms with Gasteiger partial charge in [-0.1, -0.05) is 0 Å². The fourth-order valence-electron chi connectivity index (χ4n) is 7.76. The molecule has 2 aromatic carbocycles. The average molecular weight is 668 g/mol. The largest absolute Gasteiger partial charge is 0.497 e. The van der Waals surface area contributed by atoms with Crippen LogP contribution in [0.5, 0.6) is 23.0 Å². The van der Waals surface area contributed by atoms with Gasteiger partial charge in [0.2, 0.25) is 5.75 Å². The van der Waals surface area contributed by atoms with Gasteiger partial charge in [0.25, 0.3) is 0 Å². The SMILES string of the molecule is COC(=O)[C@H]1[C@H]2C[C@@H]3c4[nH]c5cc(OC)ccc5c4CCN3C[C@H]2C[C@@H](OC(=O)c2cc(OC)c(OC)c(OC)c2)[C@@H]1OC.[Co]. The second-order valence-corrected chi connectivity index (χ2v) is 11.7. The summed E-state index contributed by atoms with van der Waals surface area (Å²) in [6.45, 7) is 1.68. The van der Waals surface area contributed by atoms with Crippen LogP contribution in [0.3, 0.4) is 0 Å². The van der Waals surface area contributed by atoms with E-state index in [1.807, 2.05) is 12.1 Å². The predicted octanol–water partition coefficient (Wildman–Crippen LogP) is 4.17. The van der Waals surface area contributed by atoms with Crippen molar-refractivity contribution in [3.8, 4) is 23.0 Å². The third kappa shape index (κ3) is 5.73. The molecule has 3 heterocycles. The van der Waals surface area contributed by atoms with Gasteiger partial charge in [-0.2, -0.15) is 0 Å². The first kappa shape index (κ1) is 32.9. The maximum atomic E-state index is 13.5. The molecule has 6 rings (SSSR count). The van der Waals surface area contributed by atoms with Crippen LogP contribution in [0, 0.1) is 17.8 Å². The Labute approximate surface area is 272 Å². The number of esters is 2. The van der Waals surface area contributed by atoms with Gasteiger partial charge in [-0.3, -0.25) is 9.69 Å². The van der Waals surface area contributed by atoms with E-state index in [-0.39, 0.29) is 46.2 Å². The quantitative estimate of drug-likeness (QED) is 0.351. The summed E-state index contributed by atoms with van der Waals surface area (Å²) in [5.74, 6) is 0.441. The van der Waals surface area contributed by atoms with Gasteiger partial charge in [-0.25, -0.2) is 4.79 Å². The number of nitrogens with one attached hydrogen (secondary N) is 1. The average Bonchev–Trinajstić information content (AvgIpc) is 3.43. The Kier molecular flexibility index (Phi) is 9.87. The molecule has 0 spiro atoms. The molecule has 1 aliphatic carbocycles. The molecule has 1 saturated heterocycles. The van der Waals surface area contributed by atoms with Crippen molar-refractivity contribution >= 4 is 22.8 Å². The first-order valence-corrected chi connectivity index (χ1v) is 14.9. The smallest absolute Gasteiger partial charge is 0.338 e. The second-order valence-electron chi connectivity index (χ2n) is 11.7. The van der Waals surface area contributed by atoms with Gasteiger partial charge in [-0.15, -0.1) is 0 Å². The van der Waals surface area contributed by atoms with Crippen molar-refractivity contribution in [3.05, 3.63) is 47.2 Å². The Bertz CT molecular complexity index is 1530. The van der Waals surface area contributed by atoms with Crippen molar-refractivity contribution in [2.75, 3.05) is 55.7 Å². The topological polar surface area (TPSA) is 118 Å². The zero-order valence-electron chi connectivity index (χ0n) is 26.3. The summed E-state index contributed by atoms with van der Waals surface area (Å²) in [5.41, 5.74) is 3.83. The summed E-state index contributed by atoms with van der Waals surface area (Å²) in [7, 11) is 9.10. The number of H-pyrrole nitrogens is 1. The van der Waals surface area contributed by atoms with Crippen molar-refractivity contribution < 1.29 is 59.5 Å². The number of ether oxygens (including phenoxy) is 7. The third-order valence-electron chi connectivity index (χ3n) is 9.76. The summed E-state index contributed by atoms with van der Waals surface area (Å²) in [4.78, 5) is 33.1. The molecule has 2 fully saturated rings. The van der Waals surface area contributed by atoms with Gasteiger partial charge in [0.1, 0.15) is 18.0 Å². The van der Waals surface area contributed by atoms with Crippen LogP contribution in [0.1, 0.15) is 40.5 Å². The van der Waals surface area contributed by atoms with Crippen LogP contribution in [0.2, 0.25) is 0 Å². The molecule has 1 N–H and O–H groups in total. The van der Waals surface area contributed by atoms with Gasteiger partial charge in [-0.05, 0) is 60.9 Å². The first-order valence-electron chi connectivity index (χ1n) is 14.9. The van der Waals surface area contributed by atoms with Crippen LogP contribution in [0.4, 0.5) is 0 Å². The van der Waals surface area contributed by atoms with Crippen LogP contribution in [0.15, 0.2) is 30.3 Å². The zero-order valence-corrected chi connectivity index (χ0v) is 27.4. The molecule has 1 aromatic heterocycles. The number of aromatic amines is 1. The Morgan fingerprint density at radius 3 is 2.27 bits per heavy atom. The fraction of sp³-hybridized carbons (Fsp3) is 0.515. The Morgan fingerprint density at radius 2 is 1.64 bits per heavy atom. The number of benzene rings is 2. The molecule has 6 atom stereocenters. The van der Waals surface area contributed by atoms with E-state index < -0.39 is 24.1 Å². The monoisotopic (exact) mass is 667 g/mol. The Hall–Kier alpha value is -3.45. The van der Waals surface area contributed by atoms with Crippen LogP contribution in [-0.4, -0.2) is 89.8 Å². The molecule has 0 bridgehead atoms. The van der Waals surface area contributed by atoms with Crippen molar-refractivity contribution in [2.24, 2.45) is 17.8 Å². The van der Waals surface area contributed by atoms with E-state index in [2.05, 4.69) is 16.0 Å². The molecule has 3 aromatic rings. The van der Waals surface area contributed by atoms with E-state index >= 15 is 0 Å². The standard InChI is InChI=1S/C33H40N2O9.Co/c1-38-19-7-8-20-21-9-10-35-16-18-13-27(44-32(36)17-11-25(39-2)30(41-4)26(12-17)40-3)31(42-5)28(33(37)43-6)22(18)15-24(35)29(21)34-23(20)14-19;/h7-8,11-12,14,18,22,24,27-28,31,34H,9-10,13,15-16H2,1-6H3;/t18-,22+,24-,27-,28+,31+;/m1./s1. The molecule has 0 unspecified atom stereocenters. The molecule has 12 heteroatoms. The maximum absolute atomic E-state index is 13.5. The van der Waals surface area contributed by atoms with Crippen LogP contribution >= 0.6 is 0 Å². The minimum atomic E-state index is -0.670. The predicted molar refractivity (Wildman–Crippen MR) is 161 cm³/mol. The van der Waals surface area contributed by atoms with E-state index in [0.29, 0.717) is 23.7 Å². The maximum Gasteiger partial charge on any atom is 0.338 e. The van der Waals surface area contributed by atoms with E-state index in [1.54, 1.807) is 26.4 Å². The number of carbonyl (C=O) groups is 2. The number of piperidine rings is 1. The van der Waals surface area contributed by atoms with E-state index in [4.69, 9.17) is 33.2 Å². The third-order valence-corrected chi connectivity index (χ3v) is 9.76. The normalized spacial score (nSPS) is 25.6. The molecule has 245 valence electrons. The van der Waals surface area contributed by atoms with Gasteiger partial charge < -0.3 is 38.1 Å². The number of rotatable bonds is 8. The number of nitrogens with zero attached hydrogens (tertiary/aromatic N) is 1. The van der Waals surface area contributed by atoms with Crippen molar-refractivity contribution in [3.63, 3.8) is 0 Å². The number of aromatic nitrogens is 1. The van der Waals surface area contributed by atoms with Gasteiger partial charge in [0.15, 0.2) is 11.5 Å². The molecule has 45 heavy (non-hydrogen) atoms. The number of fused-ring (bicyclic) bond motifs is 6. The van der Waals surface area contributed by atoms with Crippen LogP contribution in [0.25, 0.3) is 10.9 Å². The Balaban J connectivity index is 0.00000400. The van der Waals surface area contributed by atoms with E-state index in [0.717, 1.165) is 37.2 Å². The number of methoxy groups -OCH3 is 6. The summed E-state index contributed by atoms with van der Waals surface area (Å²) >= 11 is 0. The molecular weight excluding hydrogens is 627 g/mol. The minimum Gasteiger partial charge on any atom is -0.497 e. The van der Waals surface area contributed by atoms with Crippen LogP contribution in [-0.2, 0) is 42.2 Å². The van der Waals surface area contributed by atoms with Crippen LogP contribution < -0.4 is 18.9 Å². The second kappa shape index (κ2) is 13.5. The molecule has 1 saturated carbocycles. The summed E-state index contributed by atoms with van der Waals surface area (Å²) in [5, 5.41) is 1.21. The van der Waals surface area contributed by atoms with Gasteiger partial charge >= 0.3 is 11.9 Å². The van der Waals surface area contributed by atoms with E-state index in [9.17, 15) is 9.59 Å². The molecule has 3 aliphatic rings.